The number of carbonyl (C=O) groups is 1. The number of pyridine rings is 1. The second kappa shape index (κ2) is 5.46. The fourth-order valence-electron chi connectivity index (χ4n) is 1.42. The van der Waals surface area contributed by atoms with Gasteiger partial charge < -0.3 is 5.32 Å². The highest BCUT2D eigenvalue weighted by Gasteiger charge is 2.09. The Kier molecular flexibility index (Phi) is 3.74. The average Bonchev–Trinajstić information content (AvgIpc) is 2.41. The van der Waals surface area contributed by atoms with Crippen LogP contribution in [0.15, 0.2) is 36.4 Å². The van der Waals surface area contributed by atoms with Crippen molar-refractivity contribution in [1.82, 2.24) is 4.98 Å². The predicted octanol–water partition coefficient (Wildman–Crippen LogP) is 3.00. The van der Waals surface area contributed by atoms with E-state index in [0.29, 0.717) is 5.69 Å². The van der Waals surface area contributed by atoms with E-state index in [9.17, 15) is 9.18 Å². The zero-order valence-electron chi connectivity index (χ0n) is 9.52. The van der Waals surface area contributed by atoms with Gasteiger partial charge in [-0.25, -0.2) is 9.37 Å². The molecule has 19 heavy (non-hydrogen) atoms. The Labute approximate surface area is 113 Å². The van der Waals surface area contributed by atoms with Crippen molar-refractivity contribution < 1.29 is 9.18 Å². The Morgan fingerprint density at radius 3 is 2.84 bits per heavy atom. The number of nitriles is 1. The number of amides is 1. The van der Waals surface area contributed by atoms with Gasteiger partial charge in [-0.05, 0) is 30.3 Å². The minimum atomic E-state index is -0.638. The predicted molar refractivity (Wildman–Crippen MR) is 68.3 cm³/mol. The molecule has 0 radical (unpaired) electrons. The first kappa shape index (κ1) is 13.0. The lowest BCUT2D eigenvalue weighted by molar-refractivity contribution is 0.102. The molecule has 1 amide bonds. The van der Waals surface area contributed by atoms with Gasteiger partial charge in [0.05, 0.1) is 5.56 Å². The second-order valence-electron chi connectivity index (χ2n) is 3.61. The van der Waals surface area contributed by atoms with Crippen LogP contribution in [0.1, 0.15) is 16.1 Å². The molecule has 2 aromatic rings. The van der Waals surface area contributed by atoms with E-state index in [1.54, 1.807) is 18.2 Å². The van der Waals surface area contributed by atoms with Crippen LogP contribution in [0, 0.1) is 17.1 Å². The van der Waals surface area contributed by atoms with E-state index in [1.807, 2.05) is 0 Å². The Hall–Kier alpha value is -2.45. The number of nitrogens with zero attached hydrogens (tertiary/aromatic N) is 2. The van der Waals surface area contributed by atoms with Crippen LogP contribution >= 0.6 is 11.6 Å². The molecule has 0 aliphatic rings. The highest BCUT2D eigenvalue weighted by atomic mass is 35.5. The number of hydrogen-bond acceptors (Lipinski definition) is 3. The summed E-state index contributed by atoms with van der Waals surface area (Å²) in [6.07, 6.45) is 0. The molecule has 0 spiro atoms. The van der Waals surface area contributed by atoms with E-state index in [4.69, 9.17) is 16.9 Å². The molecule has 0 aliphatic carbocycles. The van der Waals surface area contributed by atoms with Crippen molar-refractivity contribution in [2.45, 2.75) is 0 Å². The highest BCUT2D eigenvalue weighted by Crippen LogP contribution is 2.15. The van der Waals surface area contributed by atoms with Crippen LogP contribution in [-0.4, -0.2) is 10.9 Å². The van der Waals surface area contributed by atoms with Crippen LogP contribution in [0.2, 0.25) is 5.15 Å². The number of halogens is 2. The summed E-state index contributed by atoms with van der Waals surface area (Å²) in [5.41, 5.74) is 0.303. The molecule has 0 bridgehead atoms. The van der Waals surface area contributed by atoms with Crippen molar-refractivity contribution in [3.05, 3.63) is 58.6 Å². The molecular formula is C13H7ClFN3O. The Bertz CT molecular complexity index is 682. The molecular weight excluding hydrogens is 269 g/mol. The summed E-state index contributed by atoms with van der Waals surface area (Å²) in [7, 11) is 0. The van der Waals surface area contributed by atoms with Crippen LogP contribution in [0.25, 0.3) is 0 Å². The molecule has 0 saturated heterocycles. The molecule has 1 aromatic carbocycles. The number of hydrogen-bond donors (Lipinski definition) is 1. The molecule has 6 heteroatoms. The summed E-state index contributed by atoms with van der Waals surface area (Å²) >= 11 is 5.68. The highest BCUT2D eigenvalue weighted by molar-refractivity contribution is 6.29. The first-order valence-corrected chi connectivity index (χ1v) is 5.61. The number of nitrogens with one attached hydrogen (secondary N) is 1. The van der Waals surface area contributed by atoms with Gasteiger partial charge in [0.15, 0.2) is 0 Å². The number of aromatic nitrogens is 1. The van der Waals surface area contributed by atoms with Crippen molar-refractivity contribution in [3.63, 3.8) is 0 Å². The summed E-state index contributed by atoms with van der Waals surface area (Å²) < 4.78 is 13.1. The molecule has 0 aliphatic heterocycles. The molecule has 1 aromatic heterocycles. The molecule has 0 atom stereocenters. The third-order valence-electron chi connectivity index (χ3n) is 2.29. The van der Waals surface area contributed by atoms with E-state index in [1.165, 1.54) is 18.2 Å². The quantitative estimate of drug-likeness (QED) is 0.857. The Morgan fingerprint density at radius 2 is 2.16 bits per heavy atom. The lowest BCUT2D eigenvalue weighted by atomic mass is 10.2. The standard InChI is InChI=1S/C13H7ClFN3O/c14-12-3-1-2-11(18-12)13(19)17-9-4-5-10(15)8(6-9)7-16/h1-6H,(H,17,19). The minimum absolute atomic E-state index is 0.135. The minimum Gasteiger partial charge on any atom is -0.321 e. The van der Waals surface area contributed by atoms with Crippen molar-refractivity contribution in [2.24, 2.45) is 0 Å². The summed E-state index contributed by atoms with van der Waals surface area (Å²) in [5.74, 6) is -1.13. The number of carbonyl (C=O) groups excluding carboxylic acids is 1. The van der Waals surface area contributed by atoms with E-state index in [2.05, 4.69) is 10.3 Å². The molecule has 2 rings (SSSR count). The van der Waals surface area contributed by atoms with Crippen LogP contribution < -0.4 is 5.32 Å². The van der Waals surface area contributed by atoms with Crippen molar-refractivity contribution >= 4 is 23.2 Å². The summed E-state index contributed by atoms with van der Waals surface area (Å²) in [6, 6.07) is 10.0. The zero-order chi connectivity index (χ0) is 13.8. The first-order chi connectivity index (χ1) is 9.10. The van der Waals surface area contributed by atoms with Gasteiger partial charge in [-0.15, -0.1) is 0 Å². The van der Waals surface area contributed by atoms with Gasteiger partial charge in [0, 0.05) is 5.69 Å². The number of anilines is 1. The summed E-state index contributed by atoms with van der Waals surface area (Å²) in [6.45, 7) is 0. The van der Waals surface area contributed by atoms with Gasteiger partial charge in [0.2, 0.25) is 0 Å². The molecule has 0 saturated carbocycles. The van der Waals surface area contributed by atoms with Gasteiger partial charge in [-0.1, -0.05) is 17.7 Å². The van der Waals surface area contributed by atoms with Crippen molar-refractivity contribution in [2.75, 3.05) is 5.32 Å². The molecule has 1 N–H and O–H groups in total. The molecule has 0 unspecified atom stereocenters. The average molecular weight is 276 g/mol. The van der Waals surface area contributed by atoms with Gasteiger partial charge in [-0.2, -0.15) is 5.26 Å². The Morgan fingerprint density at radius 1 is 1.37 bits per heavy atom. The van der Waals surface area contributed by atoms with Gasteiger partial charge >= 0.3 is 0 Å². The number of benzene rings is 1. The normalized spacial score (nSPS) is 9.74. The molecule has 4 nitrogen and oxygen atoms in total. The monoisotopic (exact) mass is 275 g/mol. The van der Waals surface area contributed by atoms with E-state index >= 15 is 0 Å². The van der Waals surface area contributed by atoms with E-state index in [-0.39, 0.29) is 16.4 Å². The smallest absolute Gasteiger partial charge is 0.274 e. The third kappa shape index (κ3) is 3.06. The maximum Gasteiger partial charge on any atom is 0.274 e. The van der Waals surface area contributed by atoms with Gasteiger partial charge in [-0.3, -0.25) is 4.79 Å². The first-order valence-electron chi connectivity index (χ1n) is 5.23. The van der Waals surface area contributed by atoms with Crippen LogP contribution in [0.4, 0.5) is 10.1 Å². The topological polar surface area (TPSA) is 65.8 Å². The lowest BCUT2D eigenvalue weighted by Crippen LogP contribution is -2.13. The molecule has 1 heterocycles. The fourth-order valence-corrected chi connectivity index (χ4v) is 1.58. The van der Waals surface area contributed by atoms with Crippen molar-refractivity contribution in [3.8, 4) is 6.07 Å². The van der Waals surface area contributed by atoms with Crippen LogP contribution in [-0.2, 0) is 0 Å². The van der Waals surface area contributed by atoms with Crippen LogP contribution in [0.3, 0.4) is 0 Å². The van der Waals surface area contributed by atoms with E-state index < -0.39 is 11.7 Å². The van der Waals surface area contributed by atoms with Crippen LogP contribution in [0.5, 0.6) is 0 Å². The lowest BCUT2D eigenvalue weighted by Gasteiger charge is -2.05. The largest absolute Gasteiger partial charge is 0.321 e. The van der Waals surface area contributed by atoms with Gasteiger partial charge in [0.25, 0.3) is 5.91 Å². The maximum atomic E-state index is 13.1. The molecule has 0 fully saturated rings. The number of rotatable bonds is 2. The zero-order valence-corrected chi connectivity index (χ0v) is 10.3. The summed E-state index contributed by atoms with van der Waals surface area (Å²) in [4.78, 5) is 15.7. The van der Waals surface area contributed by atoms with Crippen molar-refractivity contribution in [1.29, 1.82) is 5.26 Å². The van der Waals surface area contributed by atoms with E-state index in [0.717, 1.165) is 6.07 Å². The van der Waals surface area contributed by atoms with Gasteiger partial charge in [0.1, 0.15) is 22.7 Å². The molecule has 94 valence electrons. The fraction of sp³-hybridized carbons (Fsp3) is 0. The SMILES string of the molecule is N#Cc1cc(NC(=O)c2cccc(Cl)n2)ccc1F. The Balaban J connectivity index is 2.22. The second-order valence-corrected chi connectivity index (χ2v) is 3.99. The third-order valence-corrected chi connectivity index (χ3v) is 2.50. The maximum absolute atomic E-state index is 13.1. The summed E-state index contributed by atoms with van der Waals surface area (Å²) in [5, 5.41) is 11.4.